The monoisotopic (exact) mass is 283 g/mol. The molecule has 0 amide bonds. The molecule has 20 heavy (non-hydrogen) atoms. The van der Waals surface area contributed by atoms with Crippen molar-refractivity contribution < 1.29 is 17.7 Å². The average Bonchev–Trinajstić information content (AvgIpc) is 2.97. The second kappa shape index (κ2) is 4.22. The number of halogens is 3. The summed E-state index contributed by atoms with van der Waals surface area (Å²) in [5, 5.41) is 3.51. The predicted molar refractivity (Wildman–Crippen MR) is 62.5 cm³/mol. The second-order valence-corrected chi connectivity index (χ2v) is 4.11. The number of anilines is 1. The molecule has 0 aliphatic rings. The highest BCUT2D eigenvalue weighted by molar-refractivity contribution is 5.79. The summed E-state index contributed by atoms with van der Waals surface area (Å²) in [6.07, 6.45) is -3.53. The van der Waals surface area contributed by atoms with E-state index in [9.17, 15) is 13.2 Å². The zero-order valence-electron chi connectivity index (χ0n) is 9.92. The second-order valence-electron chi connectivity index (χ2n) is 4.11. The Kier molecular flexibility index (Phi) is 2.63. The number of rotatable bonds is 2. The van der Waals surface area contributed by atoms with Crippen molar-refractivity contribution in [3.8, 4) is 0 Å². The summed E-state index contributed by atoms with van der Waals surface area (Å²) in [5.41, 5.74) is 6.37. The predicted octanol–water partition coefficient (Wildman–Crippen LogP) is 2.07. The van der Waals surface area contributed by atoms with Crippen molar-refractivity contribution in [2.45, 2.75) is 12.7 Å². The summed E-state index contributed by atoms with van der Waals surface area (Å²) in [4.78, 5) is 7.32. The fourth-order valence-electron chi connectivity index (χ4n) is 1.93. The third kappa shape index (κ3) is 2.06. The molecule has 2 aromatic heterocycles. The van der Waals surface area contributed by atoms with Crippen LogP contribution in [-0.4, -0.2) is 19.7 Å². The molecule has 0 saturated heterocycles. The third-order valence-electron chi connectivity index (χ3n) is 2.73. The van der Waals surface area contributed by atoms with E-state index in [1.54, 1.807) is 0 Å². The van der Waals surface area contributed by atoms with Gasteiger partial charge >= 0.3 is 6.18 Å². The van der Waals surface area contributed by atoms with Gasteiger partial charge in [-0.25, -0.2) is 4.98 Å². The Bertz CT molecular complexity index is 747. The minimum absolute atomic E-state index is 0.131. The van der Waals surface area contributed by atoms with E-state index in [4.69, 9.17) is 5.73 Å². The van der Waals surface area contributed by atoms with E-state index in [1.165, 1.54) is 18.2 Å². The molecule has 0 spiro atoms. The zero-order valence-corrected chi connectivity index (χ0v) is 9.92. The minimum atomic E-state index is -4.59. The van der Waals surface area contributed by atoms with Crippen molar-refractivity contribution in [2.24, 2.45) is 0 Å². The van der Waals surface area contributed by atoms with Crippen LogP contribution in [0.2, 0.25) is 0 Å². The van der Waals surface area contributed by atoms with Crippen LogP contribution in [0.1, 0.15) is 11.6 Å². The van der Waals surface area contributed by atoms with E-state index in [1.807, 2.05) is 0 Å². The normalized spacial score (nSPS) is 12.2. The fourth-order valence-corrected chi connectivity index (χ4v) is 1.93. The maximum absolute atomic E-state index is 13.0. The molecule has 0 aliphatic heterocycles. The van der Waals surface area contributed by atoms with Gasteiger partial charge in [0.15, 0.2) is 5.82 Å². The van der Waals surface area contributed by atoms with Crippen LogP contribution in [0.25, 0.3) is 11.0 Å². The quantitative estimate of drug-likeness (QED) is 0.728. The summed E-state index contributed by atoms with van der Waals surface area (Å²) in [6, 6.07) is 4.38. The maximum Gasteiger partial charge on any atom is 0.449 e. The summed E-state index contributed by atoms with van der Waals surface area (Å²) < 4.78 is 44.6. The van der Waals surface area contributed by atoms with Crippen LogP contribution in [0.4, 0.5) is 18.9 Å². The Hall–Kier alpha value is -2.58. The van der Waals surface area contributed by atoms with Crippen LogP contribution >= 0.6 is 0 Å². The van der Waals surface area contributed by atoms with E-state index in [2.05, 4.69) is 19.6 Å². The van der Waals surface area contributed by atoms with Crippen molar-refractivity contribution in [1.82, 2.24) is 19.7 Å². The SMILES string of the molecule is Nc1ccc2c(c1)nc(C(F)(F)F)n2Cc1ncon1. The number of benzene rings is 1. The van der Waals surface area contributed by atoms with Gasteiger partial charge in [0, 0.05) is 5.69 Å². The Morgan fingerprint density at radius 1 is 1.30 bits per heavy atom. The standard InChI is InChI=1S/C11H8F3N5O/c12-11(13,14)10-17-7-3-6(15)1-2-8(7)19(10)4-9-16-5-20-18-9/h1-3,5H,4,15H2. The highest BCUT2D eigenvalue weighted by atomic mass is 19.4. The Morgan fingerprint density at radius 2 is 2.10 bits per heavy atom. The number of hydrogen-bond acceptors (Lipinski definition) is 5. The molecule has 0 radical (unpaired) electrons. The molecule has 2 N–H and O–H groups in total. The summed E-state index contributed by atoms with van der Waals surface area (Å²) >= 11 is 0. The van der Waals surface area contributed by atoms with Crippen molar-refractivity contribution in [1.29, 1.82) is 0 Å². The van der Waals surface area contributed by atoms with Gasteiger partial charge in [0.2, 0.25) is 12.2 Å². The van der Waals surface area contributed by atoms with Crippen LogP contribution in [0.15, 0.2) is 29.1 Å². The first kappa shape index (κ1) is 12.5. The summed E-state index contributed by atoms with van der Waals surface area (Å²) in [7, 11) is 0. The van der Waals surface area contributed by atoms with Crippen molar-refractivity contribution in [3.63, 3.8) is 0 Å². The molecule has 0 atom stereocenters. The smallest absolute Gasteiger partial charge is 0.399 e. The van der Waals surface area contributed by atoms with Crippen molar-refractivity contribution in [2.75, 3.05) is 5.73 Å². The first-order chi connectivity index (χ1) is 9.45. The number of nitrogen functional groups attached to an aromatic ring is 1. The van der Waals surface area contributed by atoms with Gasteiger partial charge in [0.25, 0.3) is 0 Å². The number of imidazole rings is 1. The first-order valence-electron chi connectivity index (χ1n) is 5.53. The lowest BCUT2D eigenvalue weighted by molar-refractivity contribution is -0.146. The molecule has 0 aliphatic carbocycles. The van der Waals surface area contributed by atoms with E-state index in [-0.39, 0.29) is 17.9 Å². The van der Waals surface area contributed by atoms with Gasteiger partial charge in [-0.1, -0.05) is 5.16 Å². The van der Waals surface area contributed by atoms with Crippen LogP contribution < -0.4 is 5.73 Å². The number of fused-ring (bicyclic) bond motifs is 1. The van der Waals surface area contributed by atoms with Crippen LogP contribution in [0.3, 0.4) is 0 Å². The zero-order chi connectivity index (χ0) is 14.3. The molecular formula is C11H8F3N5O. The van der Waals surface area contributed by atoms with Crippen molar-refractivity contribution >= 4 is 16.7 Å². The lowest BCUT2D eigenvalue weighted by Gasteiger charge is -2.09. The van der Waals surface area contributed by atoms with E-state index >= 15 is 0 Å². The van der Waals surface area contributed by atoms with Gasteiger partial charge in [-0.2, -0.15) is 18.2 Å². The van der Waals surface area contributed by atoms with Gasteiger partial charge in [-0.05, 0) is 18.2 Å². The summed E-state index contributed by atoms with van der Waals surface area (Å²) in [5.74, 6) is -0.894. The largest absolute Gasteiger partial charge is 0.449 e. The molecule has 0 saturated carbocycles. The Labute approximate surface area is 110 Å². The van der Waals surface area contributed by atoms with E-state index in [0.29, 0.717) is 11.2 Å². The number of nitrogens with zero attached hydrogens (tertiary/aromatic N) is 4. The lowest BCUT2D eigenvalue weighted by Crippen LogP contribution is -2.16. The number of nitrogens with two attached hydrogens (primary N) is 1. The third-order valence-corrected chi connectivity index (χ3v) is 2.73. The Morgan fingerprint density at radius 3 is 2.75 bits per heavy atom. The lowest BCUT2D eigenvalue weighted by atomic mass is 10.3. The molecule has 104 valence electrons. The van der Waals surface area contributed by atoms with Gasteiger partial charge in [0.05, 0.1) is 17.6 Å². The number of hydrogen-bond donors (Lipinski definition) is 1. The average molecular weight is 283 g/mol. The van der Waals surface area contributed by atoms with E-state index < -0.39 is 12.0 Å². The van der Waals surface area contributed by atoms with Crippen LogP contribution in [-0.2, 0) is 12.7 Å². The molecule has 0 fully saturated rings. The van der Waals surface area contributed by atoms with Crippen LogP contribution in [0.5, 0.6) is 0 Å². The highest BCUT2D eigenvalue weighted by Gasteiger charge is 2.37. The molecule has 3 rings (SSSR count). The van der Waals surface area contributed by atoms with Gasteiger partial charge in [-0.3, -0.25) is 0 Å². The number of aromatic nitrogens is 4. The molecule has 0 unspecified atom stereocenters. The minimum Gasteiger partial charge on any atom is -0.399 e. The van der Waals surface area contributed by atoms with Gasteiger partial charge < -0.3 is 14.8 Å². The molecule has 1 aromatic carbocycles. The highest BCUT2D eigenvalue weighted by Crippen LogP contribution is 2.32. The molecule has 0 bridgehead atoms. The van der Waals surface area contributed by atoms with Crippen molar-refractivity contribution in [3.05, 3.63) is 36.2 Å². The summed E-state index contributed by atoms with van der Waals surface area (Å²) in [6.45, 7) is -0.189. The fraction of sp³-hybridized carbons (Fsp3) is 0.182. The Balaban J connectivity index is 2.20. The van der Waals surface area contributed by atoms with Gasteiger partial charge in [-0.15, -0.1) is 0 Å². The first-order valence-corrected chi connectivity index (χ1v) is 5.53. The molecule has 3 aromatic rings. The van der Waals surface area contributed by atoms with Gasteiger partial charge in [0.1, 0.15) is 0 Å². The van der Waals surface area contributed by atoms with Crippen LogP contribution in [0, 0.1) is 0 Å². The number of alkyl halides is 3. The molecule has 6 nitrogen and oxygen atoms in total. The molecule has 2 heterocycles. The molecular weight excluding hydrogens is 275 g/mol. The maximum atomic E-state index is 13.0. The van der Waals surface area contributed by atoms with E-state index in [0.717, 1.165) is 11.0 Å². The molecule has 9 heteroatoms. The topological polar surface area (TPSA) is 82.8 Å².